The molecule has 0 fully saturated rings. The van der Waals surface area contributed by atoms with Crippen LogP contribution in [0.4, 0.5) is 0 Å². The summed E-state index contributed by atoms with van der Waals surface area (Å²) < 4.78 is 7.03. The lowest BCUT2D eigenvalue weighted by molar-refractivity contribution is 0.415. The molecule has 1 aromatic heterocycles. The number of methoxy groups -OCH3 is 1. The molecule has 0 aliphatic carbocycles. The van der Waals surface area contributed by atoms with Crippen molar-refractivity contribution in [1.82, 2.24) is 14.9 Å². The van der Waals surface area contributed by atoms with Gasteiger partial charge in [0.1, 0.15) is 5.75 Å². The molecule has 0 spiro atoms. The molecule has 0 bridgehead atoms. The highest BCUT2D eigenvalue weighted by Crippen LogP contribution is 2.29. The summed E-state index contributed by atoms with van der Waals surface area (Å²) in [6, 6.07) is 16.2. The number of benzene rings is 2. The summed E-state index contributed by atoms with van der Waals surface area (Å²) >= 11 is 1.65. The Balaban J connectivity index is 1.74. The summed E-state index contributed by atoms with van der Waals surface area (Å²) in [5, 5.41) is 14.2. The lowest BCUT2D eigenvalue weighted by Gasteiger charge is -2.14. The molecule has 0 saturated heterocycles. The first-order chi connectivity index (χ1) is 11.7. The molecule has 4 rings (SSSR count). The Kier molecular flexibility index (Phi) is 3.82. The third-order valence-electron chi connectivity index (χ3n) is 3.90. The van der Waals surface area contributed by atoms with Crippen molar-refractivity contribution in [3.05, 3.63) is 59.7 Å². The molecule has 1 aliphatic rings. The molecule has 120 valence electrons. The van der Waals surface area contributed by atoms with Gasteiger partial charge in [0.15, 0.2) is 5.82 Å². The van der Waals surface area contributed by atoms with E-state index in [1.165, 1.54) is 5.56 Å². The van der Waals surface area contributed by atoms with Crippen molar-refractivity contribution < 1.29 is 4.74 Å². The molecule has 0 N–H and O–H groups in total. The monoisotopic (exact) mass is 336 g/mol. The van der Waals surface area contributed by atoms with Crippen LogP contribution in [0.25, 0.3) is 11.4 Å². The van der Waals surface area contributed by atoms with Gasteiger partial charge < -0.3 is 4.74 Å². The highest BCUT2D eigenvalue weighted by molar-refractivity contribution is 7.99. The molecule has 24 heavy (non-hydrogen) atoms. The van der Waals surface area contributed by atoms with Crippen LogP contribution >= 0.6 is 11.8 Å². The summed E-state index contributed by atoms with van der Waals surface area (Å²) in [7, 11) is 1.66. The van der Waals surface area contributed by atoms with Gasteiger partial charge in [0, 0.05) is 11.3 Å². The van der Waals surface area contributed by atoms with E-state index < -0.39 is 0 Å². The van der Waals surface area contributed by atoms with Gasteiger partial charge in [-0.1, -0.05) is 41.6 Å². The predicted molar refractivity (Wildman–Crippen MR) is 95.8 cm³/mol. The second-order valence-corrected chi connectivity index (χ2v) is 6.49. The van der Waals surface area contributed by atoms with E-state index in [0.29, 0.717) is 0 Å². The van der Waals surface area contributed by atoms with Crippen LogP contribution in [0.2, 0.25) is 0 Å². The minimum absolute atomic E-state index is 0.740. The van der Waals surface area contributed by atoms with Crippen LogP contribution in [0.5, 0.6) is 5.75 Å². The lowest BCUT2D eigenvalue weighted by Crippen LogP contribution is -2.13. The van der Waals surface area contributed by atoms with Gasteiger partial charge in [-0.3, -0.25) is 0 Å². The molecule has 0 saturated carbocycles. The zero-order chi connectivity index (χ0) is 16.5. The van der Waals surface area contributed by atoms with Gasteiger partial charge in [0.2, 0.25) is 5.16 Å². The number of fused-ring (bicyclic) bond motifs is 1. The van der Waals surface area contributed by atoms with Gasteiger partial charge in [-0.05, 0) is 36.8 Å². The minimum Gasteiger partial charge on any atom is -0.497 e. The maximum absolute atomic E-state index is 5.21. The van der Waals surface area contributed by atoms with Gasteiger partial charge in [0.25, 0.3) is 0 Å². The van der Waals surface area contributed by atoms with E-state index in [2.05, 4.69) is 41.4 Å². The second-order valence-electron chi connectivity index (χ2n) is 5.55. The molecule has 5 nitrogen and oxygen atoms in total. The van der Waals surface area contributed by atoms with Crippen molar-refractivity contribution in [2.24, 2.45) is 5.10 Å². The van der Waals surface area contributed by atoms with Gasteiger partial charge in [-0.2, -0.15) is 9.78 Å². The van der Waals surface area contributed by atoms with Crippen molar-refractivity contribution >= 4 is 17.5 Å². The predicted octanol–water partition coefficient (Wildman–Crippen LogP) is 3.62. The Labute approximate surface area is 144 Å². The minimum atomic E-state index is 0.740. The molecule has 2 heterocycles. The van der Waals surface area contributed by atoms with Crippen molar-refractivity contribution in [2.45, 2.75) is 12.1 Å². The number of aryl methyl sites for hydroxylation is 1. The largest absolute Gasteiger partial charge is 0.497 e. The van der Waals surface area contributed by atoms with Crippen LogP contribution in [-0.4, -0.2) is 33.4 Å². The SMILES string of the molecule is COc1ccc(-c2nnc3n2N=C(c2ccc(C)cc2)CS3)cc1. The molecular weight excluding hydrogens is 320 g/mol. The fourth-order valence-corrected chi connectivity index (χ4v) is 3.37. The zero-order valence-electron chi connectivity index (χ0n) is 13.4. The number of thioether (sulfide) groups is 1. The first-order valence-corrected chi connectivity index (χ1v) is 8.61. The van der Waals surface area contributed by atoms with E-state index in [9.17, 15) is 0 Å². The molecule has 2 aromatic carbocycles. The number of hydrogen-bond donors (Lipinski definition) is 0. The number of hydrogen-bond acceptors (Lipinski definition) is 5. The number of nitrogens with zero attached hydrogens (tertiary/aromatic N) is 4. The van der Waals surface area contributed by atoms with Gasteiger partial charge >= 0.3 is 0 Å². The van der Waals surface area contributed by atoms with Gasteiger partial charge in [0.05, 0.1) is 12.8 Å². The third kappa shape index (κ3) is 2.69. The highest BCUT2D eigenvalue weighted by atomic mass is 32.2. The summed E-state index contributed by atoms with van der Waals surface area (Å²) in [5.74, 6) is 2.35. The van der Waals surface area contributed by atoms with Gasteiger partial charge in [-0.15, -0.1) is 10.2 Å². The van der Waals surface area contributed by atoms with Crippen molar-refractivity contribution in [3.8, 4) is 17.1 Å². The standard InChI is InChI=1S/C18H16N4OS/c1-12-3-5-13(6-4-12)16-11-24-18-20-19-17(22(18)21-16)14-7-9-15(23-2)10-8-14/h3-10H,11H2,1-2H3. The van der Waals surface area contributed by atoms with Gasteiger partial charge in [-0.25, -0.2) is 0 Å². The molecule has 3 aromatic rings. The molecule has 0 amide bonds. The van der Waals surface area contributed by atoms with Crippen LogP contribution in [0.1, 0.15) is 11.1 Å². The fourth-order valence-electron chi connectivity index (χ4n) is 2.54. The topological polar surface area (TPSA) is 52.3 Å². The van der Waals surface area contributed by atoms with Crippen LogP contribution in [0, 0.1) is 6.92 Å². The number of ether oxygens (including phenoxy) is 1. The Bertz CT molecular complexity index is 898. The maximum Gasteiger partial charge on any atom is 0.212 e. The molecule has 0 radical (unpaired) electrons. The van der Waals surface area contributed by atoms with Crippen LogP contribution < -0.4 is 4.74 Å². The smallest absolute Gasteiger partial charge is 0.212 e. The average molecular weight is 336 g/mol. The molecule has 1 aliphatic heterocycles. The normalized spacial score (nSPS) is 13.3. The Morgan fingerprint density at radius 2 is 1.67 bits per heavy atom. The van der Waals surface area contributed by atoms with E-state index in [4.69, 9.17) is 9.84 Å². The van der Waals surface area contributed by atoms with E-state index in [1.54, 1.807) is 18.9 Å². The van der Waals surface area contributed by atoms with Crippen LogP contribution in [0.15, 0.2) is 58.8 Å². The maximum atomic E-state index is 5.21. The molecular formula is C18H16N4OS. The summed E-state index contributed by atoms with van der Waals surface area (Å²) in [4.78, 5) is 0. The summed E-state index contributed by atoms with van der Waals surface area (Å²) in [6.07, 6.45) is 0. The Morgan fingerprint density at radius 1 is 0.958 bits per heavy atom. The third-order valence-corrected chi connectivity index (χ3v) is 4.83. The zero-order valence-corrected chi connectivity index (χ0v) is 14.2. The van der Waals surface area contributed by atoms with E-state index in [1.807, 2.05) is 28.9 Å². The first-order valence-electron chi connectivity index (χ1n) is 7.62. The van der Waals surface area contributed by atoms with Crippen LogP contribution in [0.3, 0.4) is 0 Å². The van der Waals surface area contributed by atoms with Crippen molar-refractivity contribution in [3.63, 3.8) is 0 Å². The number of rotatable bonds is 3. The van der Waals surface area contributed by atoms with E-state index >= 15 is 0 Å². The quantitative estimate of drug-likeness (QED) is 0.733. The van der Waals surface area contributed by atoms with Crippen molar-refractivity contribution in [1.29, 1.82) is 0 Å². The number of aromatic nitrogens is 3. The Hall–Kier alpha value is -2.60. The average Bonchev–Trinajstić information content (AvgIpc) is 3.05. The van der Waals surface area contributed by atoms with E-state index in [0.717, 1.165) is 39.3 Å². The molecule has 0 atom stereocenters. The molecule has 6 heteroatoms. The Morgan fingerprint density at radius 3 is 2.38 bits per heavy atom. The lowest BCUT2D eigenvalue weighted by atomic mass is 10.1. The van der Waals surface area contributed by atoms with Crippen LogP contribution in [-0.2, 0) is 0 Å². The summed E-state index contributed by atoms with van der Waals surface area (Å²) in [5.41, 5.74) is 4.37. The van der Waals surface area contributed by atoms with Crippen molar-refractivity contribution in [2.75, 3.05) is 12.9 Å². The molecule has 0 unspecified atom stereocenters. The first kappa shape index (κ1) is 15.0. The van der Waals surface area contributed by atoms with E-state index in [-0.39, 0.29) is 0 Å². The summed E-state index contributed by atoms with van der Waals surface area (Å²) in [6.45, 7) is 2.08. The fraction of sp³-hybridized carbons (Fsp3) is 0.167. The highest BCUT2D eigenvalue weighted by Gasteiger charge is 2.20. The second kappa shape index (κ2) is 6.13.